The van der Waals surface area contributed by atoms with E-state index in [1.54, 1.807) is 18.2 Å². The molecule has 25 heavy (non-hydrogen) atoms. The van der Waals surface area contributed by atoms with Crippen LogP contribution in [0.2, 0.25) is 0 Å². The summed E-state index contributed by atoms with van der Waals surface area (Å²) in [6.45, 7) is 1.49. The van der Waals surface area contributed by atoms with E-state index in [0.717, 1.165) is 31.4 Å². The molecule has 1 aliphatic heterocycles. The number of rotatable bonds is 5. The van der Waals surface area contributed by atoms with Crippen LogP contribution < -0.4 is 4.90 Å². The highest BCUT2D eigenvalue weighted by Crippen LogP contribution is 2.32. The Labute approximate surface area is 147 Å². The number of halogens is 1. The van der Waals surface area contributed by atoms with E-state index < -0.39 is 6.09 Å². The first-order valence-corrected chi connectivity index (χ1v) is 8.62. The van der Waals surface area contributed by atoms with Crippen LogP contribution in [0.4, 0.5) is 14.9 Å². The lowest BCUT2D eigenvalue weighted by atomic mass is 10.0. The highest BCUT2D eigenvalue weighted by Gasteiger charge is 2.24. The van der Waals surface area contributed by atoms with Gasteiger partial charge in [0, 0.05) is 18.2 Å². The minimum atomic E-state index is -0.982. The minimum absolute atomic E-state index is 0.332. The van der Waals surface area contributed by atoms with Crippen LogP contribution >= 0.6 is 0 Å². The molecule has 0 saturated carbocycles. The van der Waals surface area contributed by atoms with Crippen LogP contribution in [-0.4, -0.2) is 42.3 Å². The summed E-state index contributed by atoms with van der Waals surface area (Å²) in [4.78, 5) is 15.5. The van der Waals surface area contributed by atoms with Gasteiger partial charge in [0.2, 0.25) is 0 Å². The van der Waals surface area contributed by atoms with E-state index in [2.05, 4.69) is 11.9 Å². The van der Waals surface area contributed by atoms with Gasteiger partial charge in [0.1, 0.15) is 5.82 Å². The smallest absolute Gasteiger partial charge is 0.411 e. The minimum Gasteiger partial charge on any atom is -0.465 e. The molecule has 5 heteroatoms. The van der Waals surface area contributed by atoms with Crippen molar-refractivity contribution in [2.75, 3.05) is 25.0 Å². The molecule has 1 fully saturated rings. The zero-order valence-electron chi connectivity index (χ0n) is 14.4. The average molecular weight is 342 g/mol. The number of para-hydroxylation sites is 1. The van der Waals surface area contributed by atoms with Gasteiger partial charge in [-0.1, -0.05) is 30.3 Å². The normalized spacial score (nSPS) is 17.6. The number of anilines is 1. The summed E-state index contributed by atoms with van der Waals surface area (Å²) in [5.74, 6) is -0.332. The number of carboxylic acid groups (broad SMARTS) is 1. The lowest BCUT2D eigenvalue weighted by Gasteiger charge is -2.26. The molecule has 1 heterocycles. The van der Waals surface area contributed by atoms with E-state index in [0.29, 0.717) is 23.8 Å². The molecule has 1 amide bonds. The van der Waals surface area contributed by atoms with Crippen molar-refractivity contribution in [2.24, 2.45) is 0 Å². The fraction of sp³-hybridized carbons (Fsp3) is 0.350. The summed E-state index contributed by atoms with van der Waals surface area (Å²) in [5.41, 5.74) is 2.00. The molecular weight excluding hydrogens is 319 g/mol. The van der Waals surface area contributed by atoms with Gasteiger partial charge in [0.15, 0.2) is 0 Å². The molecule has 1 unspecified atom stereocenters. The Balaban J connectivity index is 1.88. The van der Waals surface area contributed by atoms with Crippen LogP contribution in [-0.2, 0) is 0 Å². The average Bonchev–Trinajstić information content (AvgIpc) is 3.00. The van der Waals surface area contributed by atoms with Crippen molar-refractivity contribution in [1.29, 1.82) is 0 Å². The highest BCUT2D eigenvalue weighted by atomic mass is 19.1. The first-order valence-electron chi connectivity index (χ1n) is 8.62. The Morgan fingerprint density at radius 1 is 1.28 bits per heavy atom. The Bertz CT molecular complexity index is 750. The van der Waals surface area contributed by atoms with Crippen molar-refractivity contribution < 1.29 is 14.3 Å². The lowest BCUT2D eigenvalue weighted by Crippen LogP contribution is -2.35. The molecule has 2 aromatic carbocycles. The molecule has 1 aliphatic rings. The number of benzene rings is 2. The molecule has 4 nitrogen and oxygen atoms in total. The third-order valence-electron chi connectivity index (χ3n) is 4.92. The highest BCUT2D eigenvalue weighted by molar-refractivity contribution is 5.92. The lowest BCUT2D eigenvalue weighted by molar-refractivity contribution is 0.200. The third kappa shape index (κ3) is 3.99. The predicted octanol–water partition coefficient (Wildman–Crippen LogP) is 4.46. The Morgan fingerprint density at radius 2 is 2.08 bits per heavy atom. The number of nitrogens with zero attached hydrogens (tertiary/aromatic N) is 2. The van der Waals surface area contributed by atoms with E-state index in [4.69, 9.17) is 0 Å². The maximum atomic E-state index is 13.6. The van der Waals surface area contributed by atoms with Crippen molar-refractivity contribution in [1.82, 2.24) is 4.90 Å². The Morgan fingerprint density at radius 3 is 2.76 bits per heavy atom. The van der Waals surface area contributed by atoms with Crippen LogP contribution in [0.5, 0.6) is 0 Å². The molecule has 0 aromatic heterocycles. The zero-order chi connectivity index (χ0) is 17.8. The molecule has 0 radical (unpaired) electrons. The number of hydrogen-bond donors (Lipinski definition) is 1. The van der Waals surface area contributed by atoms with E-state index in [-0.39, 0.29) is 5.82 Å². The van der Waals surface area contributed by atoms with Gasteiger partial charge in [-0.15, -0.1) is 0 Å². The second-order valence-electron chi connectivity index (χ2n) is 6.53. The van der Waals surface area contributed by atoms with E-state index in [1.807, 2.05) is 18.2 Å². The van der Waals surface area contributed by atoms with Crippen LogP contribution in [0, 0.1) is 5.82 Å². The van der Waals surface area contributed by atoms with Crippen molar-refractivity contribution >= 4 is 11.8 Å². The summed E-state index contributed by atoms with van der Waals surface area (Å²) in [6.07, 6.45) is 2.08. The number of likely N-dealkylation sites (tertiary alicyclic amines) is 1. The molecule has 2 aromatic rings. The largest absolute Gasteiger partial charge is 0.465 e. The van der Waals surface area contributed by atoms with Crippen LogP contribution in [0.15, 0.2) is 48.5 Å². The van der Waals surface area contributed by atoms with Crippen molar-refractivity contribution in [3.8, 4) is 11.1 Å². The molecule has 3 rings (SSSR count). The number of carbonyl (C=O) groups is 1. The number of hydrogen-bond acceptors (Lipinski definition) is 2. The summed E-state index contributed by atoms with van der Waals surface area (Å²) in [7, 11) is 2.09. The topological polar surface area (TPSA) is 43.8 Å². The van der Waals surface area contributed by atoms with E-state index in [9.17, 15) is 14.3 Å². The molecule has 1 atom stereocenters. The fourth-order valence-electron chi connectivity index (χ4n) is 3.55. The third-order valence-corrected chi connectivity index (χ3v) is 4.92. The van der Waals surface area contributed by atoms with E-state index in [1.165, 1.54) is 17.0 Å². The van der Waals surface area contributed by atoms with Gasteiger partial charge in [-0.3, -0.25) is 4.90 Å². The van der Waals surface area contributed by atoms with Crippen LogP contribution in [0.3, 0.4) is 0 Å². The summed E-state index contributed by atoms with van der Waals surface area (Å²) < 4.78 is 13.6. The molecule has 132 valence electrons. The standard InChI is InChI=1S/C20H23FN2O2/c1-22-12-5-8-17(22)11-13-23(20(24)25)19-10-3-2-9-18(19)15-6-4-7-16(21)14-15/h2-4,6-7,9-10,14,17H,5,8,11-13H2,1H3,(H,24,25). The van der Waals surface area contributed by atoms with Crippen molar-refractivity contribution in [3.63, 3.8) is 0 Å². The first kappa shape index (κ1) is 17.4. The van der Waals surface area contributed by atoms with Gasteiger partial charge in [0.05, 0.1) is 5.69 Å². The van der Waals surface area contributed by atoms with E-state index >= 15 is 0 Å². The maximum absolute atomic E-state index is 13.6. The monoisotopic (exact) mass is 342 g/mol. The van der Waals surface area contributed by atoms with Gasteiger partial charge < -0.3 is 10.0 Å². The SMILES string of the molecule is CN1CCCC1CCN(C(=O)O)c1ccccc1-c1cccc(F)c1. The molecular formula is C20H23FN2O2. The molecule has 0 bridgehead atoms. The quantitative estimate of drug-likeness (QED) is 0.872. The van der Waals surface area contributed by atoms with Gasteiger partial charge in [0.25, 0.3) is 0 Å². The molecule has 1 N–H and O–H groups in total. The Hall–Kier alpha value is -2.40. The van der Waals surface area contributed by atoms with Gasteiger partial charge in [-0.25, -0.2) is 9.18 Å². The second-order valence-corrected chi connectivity index (χ2v) is 6.53. The van der Waals surface area contributed by atoms with Crippen LogP contribution in [0.25, 0.3) is 11.1 Å². The summed E-state index contributed by atoms with van der Waals surface area (Å²) in [5, 5.41) is 9.73. The second kappa shape index (κ2) is 7.66. The molecule has 1 saturated heterocycles. The Kier molecular flexibility index (Phi) is 5.34. The number of amides is 1. The summed E-state index contributed by atoms with van der Waals surface area (Å²) >= 11 is 0. The molecule has 0 aliphatic carbocycles. The first-order chi connectivity index (χ1) is 12.1. The van der Waals surface area contributed by atoms with Gasteiger partial charge >= 0.3 is 6.09 Å². The maximum Gasteiger partial charge on any atom is 0.411 e. The molecule has 0 spiro atoms. The van der Waals surface area contributed by atoms with Gasteiger partial charge in [-0.2, -0.15) is 0 Å². The predicted molar refractivity (Wildman–Crippen MR) is 97.5 cm³/mol. The fourth-order valence-corrected chi connectivity index (χ4v) is 3.55. The van der Waals surface area contributed by atoms with Crippen molar-refractivity contribution in [2.45, 2.75) is 25.3 Å². The van der Waals surface area contributed by atoms with Crippen LogP contribution in [0.1, 0.15) is 19.3 Å². The summed E-state index contributed by atoms with van der Waals surface area (Å²) in [6, 6.07) is 14.0. The van der Waals surface area contributed by atoms with Gasteiger partial charge in [-0.05, 0) is 56.6 Å². The zero-order valence-corrected chi connectivity index (χ0v) is 14.4. The van der Waals surface area contributed by atoms with Crippen molar-refractivity contribution in [3.05, 3.63) is 54.3 Å².